The Bertz CT molecular complexity index is 1180. The SMILES string of the molecule is CC[C@@H](C)N(CC(=O)N1CCc2sccc2[C@@H]1COc1ccc(F)cc1)C(=O)Nc1ccc(C)cc1. The first-order valence-electron chi connectivity index (χ1n) is 12.2. The van der Waals surface area contributed by atoms with Gasteiger partial charge in [0.25, 0.3) is 0 Å². The molecule has 0 fully saturated rings. The van der Waals surface area contributed by atoms with Crippen LogP contribution in [0, 0.1) is 12.7 Å². The number of halogens is 1. The van der Waals surface area contributed by atoms with Gasteiger partial charge in [-0.05, 0) is 80.1 Å². The number of amides is 3. The van der Waals surface area contributed by atoms with E-state index in [-0.39, 0.29) is 43.0 Å². The van der Waals surface area contributed by atoms with Gasteiger partial charge in [0.05, 0.1) is 6.04 Å². The van der Waals surface area contributed by atoms with Crippen LogP contribution in [0.1, 0.15) is 42.3 Å². The van der Waals surface area contributed by atoms with Crippen molar-refractivity contribution in [1.29, 1.82) is 0 Å². The Morgan fingerprint density at radius 1 is 1.17 bits per heavy atom. The fourth-order valence-corrected chi connectivity index (χ4v) is 5.23. The van der Waals surface area contributed by atoms with Crippen LogP contribution >= 0.6 is 11.3 Å². The Hall–Kier alpha value is -3.39. The monoisotopic (exact) mass is 509 g/mol. The smallest absolute Gasteiger partial charge is 0.322 e. The first kappa shape index (κ1) is 25.7. The first-order valence-corrected chi connectivity index (χ1v) is 13.1. The maximum atomic E-state index is 13.6. The molecule has 0 aliphatic carbocycles. The van der Waals surface area contributed by atoms with Crippen LogP contribution in [-0.4, -0.2) is 47.5 Å². The molecule has 3 amide bonds. The molecule has 1 aromatic heterocycles. The van der Waals surface area contributed by atoms with Crippen molar-refractivity contribution in [2.24, 2.45) is 0 Å². The third-order valence-electron chi connectivity index (χ3n) is 6.63. The second-order valence-electron chi connectivity index (χ2n) is 9.10. The summed E-state index contributed by atoms with van der Waals surface area (Å²) in [6.07, 6.45) is 1.49. The van der Waals surface area contributed by atoms with E-state index < -0.39 is 0 Å². The fourth-order valence-electron chi connectivity index (χ4n) is 4.30. The van der Waals surface area contributed by atoms with Gasteiger partial charge in [0.2, 0.25) is 5.91 Å². The quantitative estimate of drug-likeness (QED) is 0.403. The summed E-state index contributed by atoms with van der Waals surface area (Å²) in [5.74, 6) is 0.0924. The van der Waals surface area contributed by atoms with Crippen LogP contribution in [0.4, 0.5) is 14.9 Å². The van der Waals surface area contributed by atoms with Gasteiger partial charge < -0.3 is 19.9 Å². The third-order valence-corrected chi connectivity index (χ3v) is 7.63. The highest BCUT2D eigenvalue weighted by Gasteiger charge is 2.34. The van der Waals surface area contributed by atoms with Crippen molar-refractivity contribution in [3.05, 3.63) is 81.8 Å². The number of hydrogen-bond donors (Lipinski definition) is 1. The highest BCUT2D eigenvalue weighted by atomic mass is 32.1. The van der Waals surface area contributed by atoms with E-state index in [9.17, 15) is 14.0 Å². The average molecular weight is 510 g/mol. The summed E-state index contributed by atoms with van der Waals surface area (Å²) in [5.41, 5.74) is 2.87. The zero-order chi connectivity index (χ0) is 25.7. The van der Waals surface area contributed by atoms with Crippen LogP contribution in [0.15, 0.2) is 60.0 Å². The van der Waals surface area contributed by atoms with Gasteiger partial charge in [-0.3, -0.25) is 4.79 Å². The number of urea groups is 1. The minimum absolute atomic E-state index is 0.0286. The molecule has 0 unspecified atom stereocenters. The standard InChI is InChI=1S/C28H32FN3O3S/c1-4-20(3)32(28(34)30-22-9-5-19(2)6-10-22)17-27(33)31-15-13-26-24(14-16-36-26)25(31)18-35-23-11-7-21(29)8-12-23/h5-12,14,16,20,25H,4,13,15,17-18H2,1-3H3,(H,30,34)/t20-,25+/m1/s1. The summed E-state index contributed by atoms with van der Waals surface area (Å²) in [6.45, 7) is 6.71. The molecule has 3 aromatic rings. The number of rotatable bonds is 8. The average Bonchev–Trinajstić information content (AvgIpc) is 3.36. The van der Waals surface area contributed by atoms with E-state index in [1.165, 1.54) is 17.0 Å². The van der Waals surface area contributed by atoms with Gasteiger partial charge in [0.1, 0.15) is 24.7 Å². The zero-order valence-electron chi connectivity index (χ0n) is 20.9. The van der Waals surface area contributed by atoms with Crippen molar-refractivity contribution in [1.82, 2.24) is 9.80 Å². The molecule has 2 atom stereocenters. The number of hydrogen-bond acceptors (Lipinski definition) is 4. The molecule has 1 N–H and O–H groups in total. The molecule has 190 valence electrons. The van der Waals surface area contributed by atoms with E-state index in [1.807, 2.05) is 61.4 Å². The number of anilines is 1. The maximum Gasteiger partial charge on any atom is 0.322 e. The van der Waals surface area contributed by atoms with Gasteiger partial charge in [0, 0.05) is 23.2 Å². The summed E-state index contributed by atoms with van der Waals surface area (Å²) in [5, 5.41) is 4.96. The molecule has 6 nitrogen and oxygen atoms in total. The van der Waals surface area contributed by atoms with E-state index in [1.54, 1.807) is 28.4 Å². The van der Waals surface area contributed by atoms with Gasteiger partial charge in [-0.25, -0.2) is 9.18 Å². The maximum absolute atomic E-state index is 13.6. The Morgan fingerprint density at radius 3 is 2.58 bits per heavy atom. The number of aryl methyl sites for hydroxylation is 1. The van der Waals surface area contributed by atoms with Gasteiger partial charge in [-0.1, -0.05) is 24.6 Å². The summed E-state index contributed by atoms with van der Waals surface area (Å²) in [7, 11) is 0. The van der Waals surface area contributed by atoms with Crippen molar-refractivity contribution in [2.75, 3.05) is 25.0 Å². The normalized spacial score (nSPS) is 15.7. The molecular weight excluding hydrogens is 477 g/mol. The van der Waals surface area contributed by atoms with Gasteiger partial charge in [-0.2, -0.15) is 0 Å². The lowest BCUT2D eigenvalue weighted by Crippen LogP contribution is -2.50. The second kappa shape index (κ2) is 11.6. The third kappa shape index (κ3) is 6.05. The molecule has 4 rings (SSSR count). The largest absolute Gasteiger partial charge is 0.491 e. The topological polar surface area (TPSA) is 61.9 Å². The van der Waals surface area contributed by atoms with Crippen LogP contribution in [0.3, 0.4) is 0 Å². The molecular formula is C28H32FN3O3S. The lowest BCUT2D eigenvalue weighted by Gasteiger charge is -2.38. The molecule has 36 heavy (non-hydrogen) atoms. The number of nitrogens with one attached hydrogen (secondary N) is 1. The number of benzene rings is 2. The van der Waals surface area contributed by atoms with E-state index in [0.717, 1.165) is 24.0 Å². The van der Waals surface area contributed by atoms with Gasteiger partial charge >= 0.3 is 6.03 Å². The van der Waals surface area contributed by atoms with E-state index in [4.69, 9.17) is 4.74 Å². The van der Waals surface area contributed by atoms with Crippen molar-refractivity contribution >= 4 is 29.0 Å². The predicted octanol–water partition coefficient (Wildman–Crippen LogP) is 6.03. The molecule has 8 heteroatoms. The summed E-state index contributed by atoms with van der Waals surface area (Å²) < 4.78 is 19.3. The van der Waals surface area contributed by atoms with E-state index >= 15 is 0 Å². The van der Waals surface area contributed by atoms with Crippen LogP contribution in [0.5, 0.6) is 5.75 Å². The Labute approximate surface area is 215 Å². The van der Waals surface area contributed by atoms with Crippen molar-refractivity contribution in [2.45, 2.75) is 45.7 Å². The van der Waals surface area contributed by atoms with Crippen molar-refractivity contribution < 1.29 is 18.7 Å². The molecule has 2 heterocycles. The highest BCUT2D eigenvalue weighted by Crippen LogP contribution is 2.34. The number of thiophene rings is 1. The van der Waals surface area contributed by atoms with Crippen LogP contribution in [-0.2, 0) is 11.2 Å². The first-order chi connectivity index (χ1) is 17.4. The molecule has 0 radical (unpaired) electrons. The summed E-state index contributed by atoms with van der Waals surface area (Å²) in [6, 6.07) is 14.8. The fraction of sp³-hybridized carbons (Fsp3) is 0.357. The van der Waals surface area contributed by atoms with Gasteiger partial charge in [0.15, 0.2) is 0 Å². The number of ether oxygens (including phenoxy) is 1. The van der Waals surface area contributed by atoms with Crippen LogP contribution < -0.4 is 10.1 Å². The molecule has 0 spiro atoms. The number of carbonyl (C=O) groups excluding carboxylic acids is 2. The van der Waals surface area contributed by atoms with E-state index in [0.29, 0.717) is 18.0 Å². The Kier molecular flexibility index (Phi) is 8.25. The molecule has 0 bridgehead atoms. The van der Waals surface area contributed by atoms with Crippen LogP contribution in [0.2, 0.25) is 0 Å². The van der Waals surface area contributed by atoms with Crippen molar-refractivity contribution in [3.8, 4) is 5.75 Å². The highest BCUT2D eigenvalue weighted by molar-refractivity contribution is 7.10. The second-order valence-corrected chi connectivity index (χ2v) is 10.1. The van der Waals surface area contributed by atoms with Gasteiger partial charge in [-0.15, -0.1) is 11.3 Å². The lowest BCUT2D eigenvalue weighted by atomic mass is 10.00. The van der Waals surface area contributed by atoms with Crippen molar-refractivity contribution in [3.63, 3.8) is 0 Å². The molecule has 0 saturated heterocycles. The van der Waals surface area contributed by atoms with E-state index in [2.05, 4.69) is 5.32 Å². The minimum Gasteiger partial charge on any atom is -0.491 e. The van der Waals surface area contributed by atoms with Crippen LogP contribution in [0.25, 0.3) is 0 Å². The Balaban J connectivity index is 1.50. The number of fused-ring (bicyclic) bond motifs is 1. The predicted molar refractivity (Wildman–Crippen MR) is 141 cm³/mol. The number of nitrogens with zero attached hydrogens (tertiary/aromatic N) is 2. The zero-order valence-corrected chi connectivity index (χ0v) is 21.7. The number of carbonyl (C=O) groups is 2. The lowest BCUT2D eigenvalue weighted by molar-refractivity contribution is -0.135. The molecule has 1 aliphatic heterocycles. The summed E-state index contributed by atoms with van der Waals surface area (Å²) in [4.78, 5) is 31.5. The minimum atomic E-state index is -0.328. The molecule has 1 aliphatic rings. The Morgan fingerprint density at radius 2 is 1.89 bits per heavy atom. The molecule has 2 aromatic carbocycles. The molecule has 0 saturated carbocycles. The summed E-state index contributed by atoms with van der Waals surface area (Å²) >= 11 is 1.68.